The zero-order valence-corrected chi connectivity index (χ0v) is 21.3. The molecule has 2 fully saturated rings. The Balaban J connectivity index is 1.63. The van der Waals surface area contributed by atoms with Crippen molar-refractivity contribution in [1.29, 1.82) is 0 Å². The molecule has 190 valence electrons. The van der Waals surface area contributed by atoms with E-state index in [1.54, 1.807) is 13.0 Å². The molecule has 1 amide bonds. The highest BCUT2D eigenvalue weighted by molar-refractivity contribution is 7.89. The summed E-state index contributed by atoms with van der Waals surface area (Å²) in [5, 5.41) is 2.68. The number of amides is 1. The second-order valence-electron chi connectivity index (χ2n) is 8.42. The van der Waals surface area contributed by atoms with Crippen molar-refractivity contribution in [3.8, 4) is 5.75 Å². The number of aryl methyl sites for hydroxylation is 1. The Morgan fingerprint density at radius 2 is 1.57 bits per heavy atom. The summed E-state index contributed by atoms with van der Waals surface area (Å²) in [5.74, 6) is -0.301. The Hall–Kier alpha value is -2.51. The lowest BCUT2D eigenvalue weighted by Crippen LogP contribution is -2.40. The molecule has 0 bridgehead atoms. The molecule has 1 N–H and O–H groups in total. The molecular weight excluding hydrogens is 494 g/mol. The average Bonchev–Trinajstić information content (AvgIpc) is 3.41. The van der Waals surface area contributed by atoms with E-state index in [1.807, 2.05) is 0 Å². The second-order valence-corrected chi connectivity index (χ2v) is 12.3. The molecule has 0 radical (unpaired) electrons. The van der Waals surface area contributed by atoms with Gasteiger partial charge < -0.3 is 14.8 Å². The van der Waals surface area contributed by atoms with Crippen molar-refractivity contribution in [2.75, 3.05) is 51.8 Å². The minimum atomic E-state index is -3.81. The number of ether oxygens (including phenoxy) is 2. The van der Waals surface area contributed by atoms with Crippen molar-refractivity contribution in [3.05, 3.63) is 47.5 Å². The van der Waals surface area contributed by atoms with Crippen LogP contribution in [-0.4, -0.2) is 77.9 Å². The van der Waals surface area contributed by atoms with Gasteiger partial charge in [-0.15, -0.1) is 0 Å². The second kappa shape index (κ2) is 10.2. The van der Waals surface area contributed by atoms with E-state index in [4.69, 9.17) is 9.47 Å². The van der Waals surface area contributed by atoms with Crippen LogP contribution in [0, 0.1) is 6.92 Å². The molecule has 2 aliphatic rings. The molecule has 4 rings (SSSR count). The van der Waals surface area contributed by atoms with Crippen molar-refractivity contribution in [1.82, 2.24) is 8.61 Å². The third-order valence-corrected chi connectivity index (χ3v) is 10.1. The maximum absolute atomic E-state index is 13.2. The Kier molecular flexibility index (Phi) is 7.48. The van der Waals surface area contributed by atoms with E-state index in [1.165, 1.54) is 46.1 Å². The van der Waals surface area contributed by atoms with Crippen LogP contribution < -0.4 is 10.1 Å². The highest BCUT2D eigenvalue weighted by Crippen LogP contribution is 2.31. The first-order valence-corrected chi connectivity index (χ1v) is 14.2. The molecule has 2 saturated heterocycles. The van der Waals surface area contributed by atoms with Gasteiger partial charge in [-0.05, 0) is 55.7 Å². The Morgan fingerprint density at radius 3 is 2.23 bits per heavy atom. The number of nitrogens with zero attached hydrogens (tertiary/aromatic N) is 2. The summed E-state index contributed by atoms with van der Waals surface area (Å²) in [6.07, 6.45) is 1.62. The SMILES string of the molecule is COc1ccc(S(=O)(=O)N2CCCC2)cc1NC(=O)c1ccc(C)c(S(=O)(=O)N2CCOCC2)c1. The van der Waals surface area contributed by atoms with Crippen LogP contribution in [0.25, 0.3) is 0 Å². The molecule has 0 spiro atoms. The Morgan fingerprint density at radius 1 is 0.914 bits per heavy atom. The van der Waals surface area contributed by atoms with Gasteiger partial charge in [0.2, 0.25) is 20.0 Å². The maximum atomic E-state index is 13.2. The minimum Gasteiger partial charge on any atom is -0.495 e. The molecule has 2 aromatic rings. The van der Waals surface area contributed by atoms with E-state index in [-0.39, 0.29) is 39.9 Å². The van der Waals surface area contributed by atoms with Gasteiger partial charge >= 0.3 is 0 Å². The summed E-state index contributed by atoms with van der Waals surface area (Å²) >= 11 is 0. The summed E-state index contributed by atoms with van der Waals surface area (Å²) in [4.78, 5) is 13.2. The third-order valence-electron chi connectivity index (χ3n) is 6.16. The van der Waals surface area contributed by atoms with E-state index >= 15 is 0 Å². The summed E-state index contributed by atoms with van der Waals surface area (Å²) in [6.45, 7) is 3.70. The zero-order chi connectivity index (χ0) is 25.2. The first-order valence-electron chi connectivity index (χ1n) is 11.3. The number of morpholine rings is 1. The van der Waals surface area contributed by atoms with E-state index in [9.17, 15) is 21.6 Å². The monoisotopic (exact) mass is 523 g/mol. The number of benzene rings is 2. The van der Waals surface area contributed by atoms with Gasteiger partial charge in [0.15, 0.2) is 0 Å². The molecule has 10 nitrogen and oxygen atoms in total. The zero-order valence-electron chi connectivity index (χ0n) is 19.7. The number of hydrogen-bond donors (Lipinski definition) is 1. The third kappa shape index (κ3) is 5.21. The molecule has 35 heavy (non-hydrogen) atoms. The lowest BCUT2D eigenvalue weighted by atomic mass is 10.1. The predicted molar refractivity (Wildman–Crippen MR) is 130 cm³/mol. The number of carbonyl (C=O) groups is 1. The van der Waals surface area contributed by atoms with Crippen LogP contribution in [0.4, 0.5) is 5.69 Å². The molecule has 0 saturated carbocycles. The molecule has 0 aromatic heterocycles. The number of methoxy groups -OCH3 is 1. The first kappa shape index (κ1) is 25.6. The van der Waals surface area contributed by atoms with Crippen molar-refractivity contribution >= 4 is 31.6 Å². The molecule has 2 aromatic carbocycles. The number of sulfonamides is 2. The quantitative estimate of drug-likeness (QED) is 0.589. The fourth-order valence-corrected chi connectivity index (χ4v) is 7.37. The van der Waals surface area contributed by atoms with Gasteiger partial charge in [0.05, 0.1) is 35.8 Å². The maximum Gasteiger partial charge on any atom is 0.255 e. The molecule has 2 aliphatic heterocycles. The Labute approximate surface area is 205 Å². The van der Waals surface area contributed by atoms with Crippen LogP contribution in [0.15, 0.2) is 46.2 Å². The molecule has 0 unspecified atom stereocenters. The van der Waals surface area contributed by atoms with Crippen LogP contribution >= 0.6 is 0 Å². The van der Waals surface area contributed by atoms with Gasteiger partial charge in [-0.1, -0.05) is 6.07 Å². The fraction of sp³-hybridized carbons (Fsp3) is 0.435. The summed E-state index contributed by atoms with van der Waals surface area (Å²) in [6, 6.07) is 8.74. The number of hydrogen-bond acceptors (Lipinski definition) is 7. The minimum absolute atomic E-state index is 0.0457. The number of rotatable bonds is 7. The van der Waals surface area contributed by atoms with Crippen molar-refractivity contribution < 1.29 is 31.1 Å². The standard InChI is InChI=1S/C23H29N3O7S2/c1-17-5-6-18(15-22(17)35(30,31)26-11-13-33-14-12-26)23(27)24-20-16-19(7-8-21(20)32-2)34(28,29)25-9-3-4-10-25/h5-8,15-16H,3-4,9-14H2,1-2H3,(H,24,27). The van der Waals surface area contributed by atoms with E-state index in [2.05, 4.69) is 5.32 Å². The van der Waals surface area contributed by atoms with Gasteiger partial charge in [-0.2, -0.15) is 8.61 Å². The number of carbonyl (C=O) groups excluding carboxylic acids is 1. The van der Waals surface area contributed by atoms with Crippen molar-refractivity contribution in [2.24, 2.45) is 0 Å². The smallest absolute Gasteiger partial charge is 0.255 e. The van der Waals surface area contributed by atoms with Gasteiger partial charge in [-0.3, -0.25) is 4.79 Å². The van der Waals surface area contributed by atoms with E-state index in [0.29, 0.717) is 31.9 Å². The largest absolute Gasteiger partial charge is 0.495 e. The van der Waals surface area contributed by atoms with Crippen LogP contribution in [0.2, 0.25) is 0 Å². The van der Waals surface area contributed by atoms with Crippen LogP contribution in [0.1, 0.15) is 28.8 Å². The molecule has 0 aliphatic carbocycles. The number of nitrogens with one attached hydrogen (secondary N) is 1. The van der Waals surface area contributed by atoms with Crippen LogP contribution in [0.3, 0.4) is 0 Å². The highest BCUT2D eigenvalue weighted by Gasteiger charge is 2.30. The van der Waals surface area contributed by atoms with Gasteiger partial charge in [-0.25, -0.2) is 16.8 Å². The number of anilines is 1. The molecule has 2 heterocycles. The van der Waals surface area contributed by atoms with Crippen LogP contribution in [0.5, 0.6) is 5.75 Å². The van der Waals surface area contributed by atoms with Gasteiger partial charge in [0.25, 0.3) is 5.91 Å². The molecular formula is C23H29N3O7S2. The fourth-order valence-electron chi connectivity index (χ4n) is 4.16. The molecule has 0 atom stereocenters. The molecule has 12 heteroatoms. The summed E-state index contributed by atoms with van der Waals surface area (Å²) < 4.78 is 65.6. The Bertz CT molecular complexity index is 1310. The van der Waals surface area contributed by atoms with E-state index < -0.39 is 26.0 Å². The van der Waals surface area contributed by atoms with E-state index in [0.717, 1.165) is 12.8 Å². The van der Waals surface area contributed by atoms with Gasteiger partial charge in [0, 0.05) is 31.7 Å². The lowest BCUT2D eigenvalue weighted by molar-refractivity contribution is 0.0730. The predicted octanol–water partition coefficient (Wildman–Crippen LogP) is 2.06. The highest BCUT2D eigenvalue weighted by atomic mass is 32.2. The van der Waals surface area contributed by atoms with Crippen molar-refractivity contribution in [2.45, 2.75) is 29.6 Å². The first-order chi connectivity index (χ1) is 16.6. The summed E-state index contributed by atoms with van der Waals surface area (Å²) in [5.41, 5.74) is 0.817. The topological polar surface area (TPSA) is 122 Å². The summed E-state index contributed by atoms with van der Waals surface area (Å²) in [7, 11) is -6.09. The van der Waals surface area contributed by atoms with Crippen molar-refractivity contribution in [3.63, 3.8) is 0 Å². The average molecular weight is 524 g/mol. The van der Waals surface area contributed by atoms with Crippen LogP contribution in [-0.2, 0) is 24.8 Å². The normalized spacial score (nSPS) is 17.9. The van der Waals surface area contributed by atoms with Gasteiger partial charge in [0.1, 0.15) is 5.75 Å². The lowest BCUT2D eigenvalue weighted by Gasteiger charge is -2.26.